The van der Waals surface area contributed by atoms with E-state index in [0.29, 0.717) is 21.9 Å². The number of aromatic carboxylic acids is 1. The first-order valence-corrected chi connectivity index (χ1v) is 18.7. The van der Waals surface area contributed by atoms with Crippen LogP contribution in [0.2, 0.25) is 10.0 Å². The van der Waals surface area contributed by atoms with Crippen LogP contribution >= 0.6 is 23.2 Å². The molecule has 1 saturated carbocycles. The molecule has 292 valence electrons. The maximum absolute atomic E-state index is 15.6. The van der Waals surface area contributed by atoms with Crippen LogP contribution in [0, 0.1) is 23.7 Å². The Kier molecular flexibility index (Phi) is 9.40. The van der Waals surface area contributed by atoms with Crippen molar-refractivity contribution in [1.29, 1.82) is 0 Å². The highest BCUT2D eigenvalue weighted by molar-refractivity contribution is 6.36. The molecule has 6 unspecified atom stereocenters. The van der Waals surface area contributed by atoms with E-state index in [1.54, 1.807) is 36.4 Å². The van der Waals surface area contributed by atoms with Gasteiger partial charge in [-0.3, -0.25) is 29.5 Å². The number of fused-ring (bicyclic) bond motifs is 4. The summed E-state index contributed by atoms with van der Waals surface area (Å²) < 4.78 is 16.8. The van der Waals surface area contributed by atoms with E-state index < -0.39 is 64.6 Å². The highest BCUT2D eigenvalue weighted by atomic mass is 35.5. The van der Waals surface area contributed by atoms with E-state index in [4.69, 9.17) is 37.4 Å². The minimum atomic E-state index is -1.77. The molecule has 4 aromatic carbocycles. The van der Waals surface area contributed by atoms with Crippen molar-refractivity contribution in [2.45, 2.75) is 24.2 Å². The van der Waals surface area contributed by atoms with E-state index in [2.05, 4.69) is 5.43 Å². The minimum absolute atomic E-state index is 0.0477. The number of hydrazine groups is 1. The average Bonchev–Trinajstić information content (AvgIpc) is 3.59. The molecule has 2 aliphatic heterocycles. The van der Waals surface area contributed by atoms with Crippen LogP contribution in [0.15, 0.2) is 90.5 Å². The molecular weight excluding hydrogens is 777 g/mol. The molecule has 0 bridgehead atoms. The first-order valence-electron chi connectivity index (χ1n) is 18.0. The summed E-state index contributed by atoms with van der Waals surface area (Å²) in [4.78, 5) is 72.3. The number of nitrogens with one attached hydrogen (secondary N) is 1. The lowest BCUT2D eigenvalue weighted by Crippen LogP contribution is -2.53. The summed E-state index contributed by atoms with van der Waals surface area (Å²) in [5, 5.41) is 23.0. The van der Waals surface area contributed by atoms with E-state index in [0.717, 1.165) is 9.91 Å². The summed E-state index contributed by atoms with van der Waals surface area (Å²) in [6.45, 7) is 0. The number of anilines is 2. The van der Waals surface area contributed by atoms with Crippen LogP contribution in [-0.4, -0.2) is 66.1 Å². The number of halogens is 2. The maximum atomic E-state index is 15.6. The van der Waals surface area contributed by atoms with E-state index in [1.807, 2.05) is 6.08 Å². The van der Waals surface area contributed by atoms with Gasteiger partial charge in [0.25, 0.3) is 11.8 Å². The highest BCUT2D eigenvalue weighted by Crippen LogP contribution is 2.66. The van der Waals surface area contributed by atoms with Crippen LogP contribution in [0.4, 0.5) is 11.4 Å². The number of carbonyl (C=O) groups is 5. The third kappa shape index (κ3) is 5.70. The Morgan fingerprint density at radius 3 is 2.25 bits per heavy atom. The van der Waals surface area contributed by atoms with Gasteiger partial charge in [-0.25, -0.2) is 4.79 Å². The summed E-state index contributed by atoms with van der Waals surface area (Å²) in [7, 11) is 4.33. The zero-order chi connectivity index (χ0) is 40.5. The number of methoxy groups -OCH3 is 3. The van der Waals surface area contributed by atoms with Crippen LogP contribution in [0.1, 0.15) is 40.2 Å². The van der Waals surface area contributed by atoms with Gasteiger partial charge in [-0.15, -0.1) is 0 Å². The van der Waals surface area contributed by atoms with E-state index in [-0.39, 0.29) is 57.6 Å². The van der Waals surface area contributed by atoms with Crippen molar-refractivity contribution < 1.29 is 48.4 Å². The molecule has 2 aliphatic carbocycles. The number of nitrogens with zero attached hydrogens (tertiary/aromatic N) is 2. The third-order valence-electron chi connectivity index (χ3n) is 11.8. The second-order valence-corrected chi connectivity index (χ2v) is 15.2. The molecule has 15 heteroatoms. The monoisotopic (exact) mass is 811 g/mol. The van der Waals surface area contributed by atoms with Crippen LogP contribution in [0.3, 0.4) is 0 Å². The van der Waals surface area contributed by atoms with Crippen LogP contribution in [0.25, 0.3) is 0 Å². The van der Waals surface area contributed by atoms with Crippen LogP contribution in [0.5, 0.6) is 23.0 Å². The largest absolute Gasteiger partial charge is 0.507 e. The Balaban J connectivity index is 1.36. The number of carboxylic acid groups (broad SMARTS) is 1. The number of amides is 4. The smallest absolute Gasteiger partial charge is 0.335 e. The fourth-order valence-electron chi connectivity index (χ4n) is 9.35. The molecule has 4 aromatic rings. The lowest BCUT2D eigenvalue weighted by molar-refractivity contribution is -0.138. The van der Waals surface area contributed by atoms with Gasteiger partial charge < -0.3 is 24.4 Å². The molecule has 8 rings (SSSR count). The molecular formula is C42H35Cl2N3O10. The standard InChI is InChI=1S/C42H35Cl2N3O10/c1-55-24-10-7-21(8-11-24)42-29(38(50)47(41(42)54)45-31-14-9-22(43)16-30(31)44)19-28-26(36(42)35-32(48)17-25(56-2)18-33(35)57-3)12-13-27-34(28)39(51)46(37(27)49)23-6-4-5-20(15-23)40(52)53/h4-12,14-18,27-29,34,36,45,48H,13,19H2,1-3H3,(H,52,53). The third-order valence-corrected chi connectivity index (χ3v) is 12.3. The summed E-state index contributed by atoms with van der Waals surface area (Å²) in [5.41, 5.74) is 2.54. The Bertz CT molecular complexity index is 2420. The Morgan fingerprint density at radius 1 is 0.842 bits per heavy atom. The maximum Gasteiger partial charge on any atom is 0.335 e. The van der Waals surface area contributed by atoms with Gasteiger partial charge in [-0.1, -0.05) is 53.1 Å². The number of ether oxygens (including phenoxy) is 3. The molecule has 4 aliphatic rings. The van der Waals surface area contributed by atoms with Crippen molar-refractivity contribution in [2.24, 2.45) is 23.7 Å². The SMILES string of the molecule is COc1ccc(C23C(=O)N(Nc4ccc(Cl)cc4Cl)C(=O)C2CC2C(=CCC4C(=O)N(c5cccc(C(=O)O)c5)C(=O)C42)C3c2c(O)cc(OC)cc2OC)cc1. The van der Waals surface area contributed by atoms with Crippen LogP contribution < -0.4 is 24.5 Å². The molecule has 57 heavy (non-hydrogen) atoms. The molecule has 6 atom stereocenters. The van der Waals surface area contributed by atoms with Gasteiger partial charge in [0.2, 0.25) is 11.8 Å². The zero-order valence-corrected chi connectivity index (χ0v) is 32.2. The number of phenolic OH excluding ortho intramolecular Hbond substituents is 1. The summed E-state index contributed by atoms with van der Waals surface area (Å²) in [6, 6.07) is 19.8. The number of carbonyl (C=O) groups excluding carboxylic acids is 4. The molecule has 4 amide bonds. The first kappa shape index (κ1) is 37.9. The fraction of sp³-hybridized carbons (Fsp3) is 0.262. The Hall–Kier alpha value is -6.05. The number of hydrogen-bond donors (Lipinski definition) is 3. The number of rotatable bonds is 9. The van der Waals surface area contributed by atoms with Crippen LogP contribution in [-0.2, 0) is 24.6 Å². The lowest BCUT2D eigenvalue weighted by Gasteiger charge is -2.50. The number of allylic oxidation sites excluding steroid dienone is 2. The number of carboxylic acids is 1. The summed E-state index contributed by atoms with van der Waals surface area (Å²) in [6.07, 6.45) is 1.86. The Labute approximate surface area is 336 Å². The van der Waals surface area contributed by atoms with E-state index >= 15 is 9.59 Å². The Morgan fingerprint density at radius 2 is 1.58 bits per heavy atom. The van der Waals surface area contributed by atoms with Gasteiger partial charge in [0, 0.05) is 28.6 Å². The predicted octanol–water partition coefficient (Wildman–Crippen LogP) is 6.61. The van der Waals surface area contributed by atoms with Crippen molar-refractivity contribution in [3.63, 3.8) is 0 Å². The molecule has 2 saturated heterocycles. The summed E-state index contributed by atoms with van der Waals surface area (Å²) >= 11 is 12.7. The highest BCUT2D eigenvalue weighted by Gasteiger charge is 2.71. The first-order chi connectivity index (χ1) is 27.3. The van der Waals surface area contributed by atoms with Gasteiger partial charge >= 0.3 is 5.97 Å². The molecule has 0 radical (unpaired) electrons. The van der Waals surface area contributed by atoms with Gasteiger partial charge in [0.15, 0.2) is 0 Å². The molecule has 2 heterocycles. The second-order valence-electron chi connectivity index (χ2n) is 14.3. The topological polar surface area (TPSA) is 172 Å². The quantitative estimate of drug-likeness (QED) is 0.123. The molecule has 3 fully saturated rings. The molecule has 3 N–H and O–H groups in total. The fourth-order valence-corrected chi connectivity index (χ4v) is 9.80. The molecule has 0 aromatic heterocycles. The minimum Gasteiger partial charge on any atom is -0.507 e. The molecule has 13 nitrogen and oxygen atoms in total. The van der Waals surface area contributed by atoms with Crippen molar-refractivity contribution in [2.75, 3.05) is 31.7 Å². The van der Waals surface area contributed by atoms with Gasteiger partial charge in [-0.05, 0) is 72.9 Å². The van der Waals surface area contributed by atoms with E-state index in [1.165, 1.54) is 63.8 Å². The molecule has 0 spiro atoms. The van der Waals surface area contributed by atoms with E-state index in [9.17, 15) is 24.6 Å². The van der Waals surface area contributed by atoms with Gasteiger partial charge in [0.05, 0.1) is 66.5 Å². The average molecular weight is 813 g/mol. The van der Waals surface area contributed by atoms with Crippen molar-refractivity contribution in [3.8, 4) is 23.0 Å². The van der Waals surface area contributed by atoms with Crippen molar-refractivity contribution >= 4 is 64.2 Å². The normalized spacial score (nSPS) is 25.1. The number of phenols is 1. The van der Waals surface area contributed by atoms with Crippen molar-refractivity contribution in [3.05, 3.63) is 117 Å². The van der Waals surface area contributed by atoms with Gasteiger partial charge in [0.1, 0.15) is 23.0 Å². The zero-order valence-electron chi connectivity index (χ0n) is 30.7. The second kappa shape index (κ2) is 14.2. The summed E-state index contributed by atoms with van der Waals surface area (Å²) in [5.74, 6) is -7.96. The number of aromatic hydroxyl groups is 1. The number of imide groups is 2. The van der Waals surface area contributed by atoms with Gasteiger partial charge in [-0.2, -0.15) is 5.01 Å². The predicted molar refractivity (Wildman–Crippen MR) is 208 cm³/mol. The number of hydrogen-bond acceptors (Lipinski definition) is 10. The lowest BCUT2D eigenvalue weighted by atomic mass is 9.49. The number of benzene rings is 4. The van der Waals surface area contributed by atoms with Crippen molar-refractivity contribution in [1.82, 2.24) is 5.01 Å².